The monoisotopic (exact) mass is 344 g/mol. The van der Waals surface area contributed by atoms with Crippen molar-refractivity contribution in [2.75, 3.05) is 11.4 Å². The van der Waals surface area contributed by atoms with Crippen LogP contribution in [0.4, 0.5) is 5.69 Å². The van der Waals surface area contributed by atoms with Gasteiger partial charge in [0.2, 0.25) is 5.91 Å². The Kier molecular flexibility index (Phi) is 4.94. The van der Waals surface area contributed by atoms with E-state index in [0.717, 1.165) is 24.2 Å². The quantitative estimate of drug-likeness (QED) is 0.861. The topological polar surface area (TPSA) is 32.3 Å². The van der Waals surface area contributed by atoms with Gasteiger partial charge in [-0.1, -0.05) is 48.0 Å². The first-order chi connectivity index (χ1) is 11.1. The highest BCUT2D eigenvalue weighted by Gasteiger charge is 2.22. The Balaban J connectivity index is 1.56. The molecule has 118 valence electrons. The molecule has 23 heavy (non-hydrogen) atoms. The number of amides is 1. The number of carbonyl (C=O) groups excluding carboxylic acids is 1. The zero-order chi connectivity index (χ0) is 16.2. The molecule has 0 unspecified atom stereocenters. The zero-order valence-electron chi connectivity index (χ0n) is 12.6. The summed E-state index contributed by atoms with van der Waals surface area (Å²) in [5.41, 5.74) is 3.32. The van der Waals surface area contributed by atoms with Crippen LogP contribution in [0, 0.1) is 0 Å². The lowest BCUT2D eigenvalue weighted by molar-refractivity contribution is -0.119. The predicted octanol–water partition coefficient (Wildman–Crippen LogP) is 3.74. The van der Waals surface area contributed by atoms with E-state index in [0.29, 0.717) is 23.0 Å². The molecule has 0 fully saturated rings. The molecule has 1 aliphatic heterocycles. The van der Waals surface area contributed by atoms with Gasteiger partial charge in [0.1, 0.15) is 0 Å². The Morgan fingerprint density at radius 1 is 1.17 bits per heavy atom. The van der Waals surface area contributed by atoms with Crippen LogP contribution in [0.5, 0.6) is 0 Å². The van der Waals surface area contributed by atoms with E-state index < -0.39 is 0 Å². The third-order valence-electron chi connectivity index (χ3n) is 3.96. The number of halogens is 1. The molecule has 3 nitrogen and oxygen atoms in total. The second-order valence-corrected chi connectivity index (χ2v) is 6.27. The fourth-order valence-electron chi connectivity index (χ4n) is 2.75. The molecule has 0 atom stereocenters. The lowest BCUT2D eigenvalue weighted by Crippen LogP contribution is -2.42. The first kappa shape index (κ1) is 16.0. The number of anilines is 1. The first-order valence-corrected chi connectivity index (χ1v) is 8.36. The maximum Gasteiger partial charge on any atom is 0.226 e. The molecule has 0 aliphatic carbocycles. The van der Waals surface area contributed by atoms with Crippen LogP contribution in [-0.2, 0) is 17.6 Å². The number of fused-ring (bicyclic) bond motifs is 1. The maximum atomic E-state index is 12.1. The predicted molar refractivity (Wildman–Crippen MR) is 98.0 cm³/mol. The number of para-hydroxylation sites is 1. The Morgan fingerprint density at radius 2 is 1.91 bits per heavy atom. The minimum atomic E-state index is -0.0840. The van der Waals surface area contributed by atoms with Crippen LogP contribution in [0.15, 0.2) is 48.5 Å². The second kappa shape index (κ2) is 7.11. The summed E-state index contributed by atoms with van der Waals surface area (Å²) in [5, 5.41) is 3.99. The van der Waals surface area contributed by atoms with Crippen LogP contribution in [0.1, 0.15) is 17.5 Å². The maximum absolute atomic E-state index is 12.1. The number of thiocarbonyl (C=S) groups is 1. The minimum Gasteiger partial charge on any atom is -0.318 e. The Morgan fingerprint density at radius 3 is 2.74 bits per heavy atom. The number of aryl methyl sites for hydroxylation is 1. The van der Waals surface area contributed by atoms with Crippen LogP contribution < -0.4 is 10.2 Å². The molecule has 1 heterocycles. The summed E-state index contributed by atoms with van der Waals surface area (Å²) in [6.45, 7) is 0.809. The summed E-state index contributed by atoms with van der Waals surface area (Å²) >= 11 is 11.5. The lowest BCUT2D eigenvalue weighted by Gasteiger charge is -2.20. The summed E-state index contributed by atoms with van der Waals surface area (Å²) < 4.78 is 0. The van der Waals surface area contributed by atoms with Gasteiger partial charge in [-0.15, -0.1) is 0 Å². The molecule has 0 radical (unpaired) electrons. The van der Waals surface area contributed by atoms with Gasteiger partial charge in [0.15, 0.2) is 5.11 Å². The Labute approximate surface area is 146 Å². The molecule has 2 aromatic carbocycles. The SMILES string of the molecule is O=C(CCc1ccccc1Cl)NC(=S)N1CCc2ccccc21. The summed E-state index contributed by atoms with van der Waals surface area (Å²) in [7, 11) is 0. The van der Waals surface area contributed by atoms with Crippen molar-refractivity contribution in [2.45, 2.75) is 19.3 Å². The number of hydrogen-bond acceptors (Lipinski definition) is 2. The number of nitrogens with one attached hydrogen (secondary N) is 1. The molecule has 1 amide bonds. The normalized spacial score (nSPS) is 12.8. The number of carbonyl (C=O) groups is 1. The summed E-state index contributed by atoms with van der Waals surface area (Å²) in [5.74, 6) is -0.0840. The van der Waals surface area contributed by atoms with Gasteiger partial charge in [-0.25, -0.2) is 0 Å². The van der Waals surface area contributed by atoms with E-state index >= 15 is 0 Å². The minimum absolute atomic E-state index is 0.0840. The number of rotatable bonds is 3. The number of nitrogens with zero attached hydrogens (tertiary/aromatic N) is 1. The van der Waals surface area contributed by atoms with Crippen LogP contribution in [0.3, 0.4) is 0 Å². The van der Waals surface area contributed by atoms with Gasteiger partial charge < -0.3 is 10.2 Å². The average Bonchev–Trinajstić information content (AvgIpc) is 2.98. The highest BCUT2D eigenvalue weighted by molar-refractivity contribution is 7.80. The fraction of sp³-hybridized carbons (Fsp3) is 0.222. The van der Waals surface area contributed by atoms with Gasteiger partial charge in [-0.2, -0.15) is 0 Å². The van der Waals surface area contributed by atoms with Gasteiger partial charge in [0.05, 0.1) is 0 Å². The molecule has 1 aliphatic rings. The number of hydrogen-bond donors (Lipinski definition) is 1. The van der Waals surface area contributed by atoms with Crippen molar-refractivity contribution >= 4 is 40.5 Å². The zero-order valence-corrected chi connectivity index (χ0v) is 14.2. The summed E-state index contributed by atoms with van der Waals surface area (Å²) in [4.78, 5) is 14.1. The van der Waals surface area contributed by atoms with Crippen molar-refractivity contribution in [3.8, 4) is 0 Å². The van der Waals surface area contributed by atoms with E-state index in [1.54, 1.807) is 0 Å². The van der Waals surface area contributed by atoms with Gasteiger partial charge in [-0.3, -0.25) is 4.79 Å². The van der Waals surface area contributed by atoms with E-state index in [2.05, 4.69) is 11.4 Å². The van der Waals surface area contributed by atoms with Gasteiger partial charge in [-0.05, 0) is 48.3 Å². The first-order valence-electron chi connectivity index (χ1n) is 7.58. The van der Waals surface area contributed by atoms with Crippen molar-refractivity contribution in [1.82, 2.24) is 5.32 Å². The molecular formula is C18H17ClN2OS. The van der Waals surface area contributed by atoms with Crippen molar-refractivity contribution in [3.05, 3.63) is 64.7 Å². The third-order valence-corrected chi connectivity index (χ3v) is 4.65. The van der Waals surface area contributed by atoms with Crippen molar-refractivity contribution < 1.29 is 4.79 Å². The highest BCUT2D eigenvalue weighted by Crippen LogP contribution is 2.27. The Hall–Kier alpha value is -1.91. The standard InChI is InChI=1S/C18H17ClN2OS/c19-15-7-3-1-5-13(15)9-10-17(22)20-18(23)21-12-11-14-6-2-4-8-16(14)21/h1-8H,9-12H2,(H,20,22,23). The molecule has 0 bridgehead atoms. The number of benzene rings is 2. The third kappa shape index (κ3) is 3.71. The molecule has 0 saturated carbocycles. The van der Waals surface area contributed by atoms with Gasteiger partial charge >= 0.3 is 0 Å². The molecule has 2 aromatic rings. The van der Waals surface area contributed by atoms with Crippen molar-refractivity contribution in [1.29, 1.82) is 0 Å². The molecule has 0 spiro atoms. The molecule has 3 rings (SSSR count). The van der Waals surface area contributed by atoms with Crippen LogP contribution in [0.25, 0.3) is 0 Å². The average molecular weight is 345 g/mol. The second-order valence-electron chi connectivity index (χ2n) is 5.48. The molecular weight excluding hydrogens is 328 g/mol. The summed E-state index contributed by atoms with van der Waals surface area (Å²) in [6, 6.07) is 15.7. The molecule has 0 aromatic heterocycles. The largest absolute Gasteiger partial charge is 0.318 e. The van der Waals surface area contributed by atoms with E-state index in [1.165, 1.54) is 5.56 Å². The Bertz CT molecular complexity index is 747. The van der Waals surface area contributed by atoms with Gasteiger partial charge in [0, 0.05) is 23.7 Å². The summed E-state index contributed by atoms with van der Waals surface area (Å²) in [6.07, 6.45) is 1.91. The van der Waals surface area contributed by atoms with Crippen LogP contribution in [-0.4, -0.2) is 17.6 Å². The van der Waals surface area contributed by atoms with E-state index in [-0.39, 0.29) is 5.91 Å². The fourth-order valence-corrected chi connectivity index (χ4v) is 3.28. The van der Waals surface area contributed by atoms with Crippen LogP contribution in [0.2, 0.25) is 5.02 Å². The molecule has 1 N–H and O–H groups in total. The van der Waals surface area contributed by atoms with Crippen LogP contribution >= 0.6 is 23.8 Å². The van der Waals surface area contributed by atoms with E-state index in [9.17, 15) is 4.79 Å². The van der Waals surface area contributed by atoms with E-state index in [4.69, 9.17) is 23.8 Å². The highest BCUT2D eigenvalue weighted by atomic mass is 35.5. The van der Waals surface area contributed by atoms with E-state index in [1.807, 2.05) is 47.4 Å². The smallest absolute Gasteiger partial charge is 0.226 e. The molecule has 0 saturated heterocycles. The van der Waals surface area contributed by atoms with Crippen molar-refractivity contribution in [2.24, 2.45) is 0 Å². The van der Waals surface area contributed by atoms with Gasteiger partial charge in [0.25, 0.3) is 0 Å². The lowest BCUT2D eigenvalue weighted by atomic mass is 10.1. The molecule has 5 heteroatoms. The van der Waals surface area contributed by atoms with Crippen molar-refractivity contribution in [3.63, 3.8) is 0 Å².